The fourth-order valence-electron chi connectivity index (χ4n) is 3.03. The summed E-state index contributed by atoms with van der Waals surface area (Å²) in [7, 11) is 0. The van der Waals surface area contributed by atoms with E-state index in [0.29, 0.717) is 0 Å². The third-order valence-corrected chi connectivity index (χ3v) is 5.10. The molecule has 7 nitrogen and oxygen atoms in total. The molecule has 2 aromatic rings. The van der Waals surface area contributed by atoms with E-state index < -0.39 is 35.2 Å². The number of ketones is 1. The van der Waals surface area contributed by atoms with Gasteiger partial charge in [-0.15, -0.1) is 0 Å². The van der Waals surface area contributed by atoms with Crippen LogP contribution in [0.1, 0.15) is 28.5 Å². The Morgan fingerprint density at radius 2 is 2.00 bits per heavy atom. The van der Waals surface area contributed by atoms with E-state index in [1.165, 1.54) is 24.4 Å². The van der Waals surface area contributed by atoms with Crippen molar-refractivity contribution in [3.8, 4) is 0 Å². The Balaban J connectivity index is 0.00000114. The highest BCUT2D eigenvalue weighted by Gasteiger charge is 2.54. The Morgan fingerprint density at radius 1 is 1.34 bits per heavy atom. The number of hydrogen-bond acceptors (Lipinski definition) is 6. The van der Waals surface area contributed by atoms with Gasteiger partial charge in [-0.3, -0.25) is 14.6 Å². The number of aliphatic imine (C=N–C) groups is 1. The number of nitrogens with two attached hydrogens (primary N) is 1. The van der Waals surface area contributed by atoms with Crippen LogP contribution >= 0.6 is 23.2 Å². The number of carbonyl (C=O) groups excluding carboxylic acids is 1. The predicted molar refractivity (Wildman–Crippen MR) is 112 cm³/mol. The maximum Gasteiger partial charge on any atom is 0.299 e. The van der Waals surface area contributed by atoms with Gasteiger partial charge in [-0.1, -0.05) is 29.3 Å². The zero-order valence-corrected chi connectivity index (χ0v) is 18.1. The minimum Gasteiger partial charge on any atom is -0.483 e. The molecule has 1 aliphatic rings. The number of benzene rings is 1. The largest absolute Gasteiger partial charge is 0.483 e. The number of nitrogens with zero attached hydrogens (tertiary/aromatic N) is 2. The van der Waals surface area contributed by atoms with Crippen molar-refractivity contribution in [2.24, 2.45) is 10.7 Å². The van der Waals surface area contributed by atoms with Crippen molar-refractivity contribution in [3.63, 3.8) is 0 Å². The third kappa shape index (κ3) is 5.56. The molecule has 172 valence electrons. The van der Waals surface area contributed by atoms with Crippen molar-refractivity contribution in [2.75, 3.05) is 13.2 Å². The SMILES string of the molecule is C[C@]1(c2cc(CC(=O)c3ncc(Cl)cc3Cl)ccc2F)N=C(N)COCC1(F)F.O=CO. The summed E-state index contributed by atoms with van der Waals surface area (Å²) in [6, 6.07) is 4.87. The van der Waals surface area contributed by atoms with E-state index in [-0.39, 0.29) is 46.6 Å². The lowest BCUT2D eigenvalue weighted by molar-refractivity contribution is -0.122. The third-order valence-electron chi connectivity index (χ3n) is 4.60. The lowest BCUT2D eigenvalue weighted by Crippen LogP contribution is -2.45. The molecule has 32 heavy (non-hydrogen) atoms. The lowest BCUT2D eigenvalue weighted by atomic mass is 9.84. The molecule has 0 aliphatic carbocycles. The van der Waals surface area contributed by atoms with Crippen molar-refractivity contribution in [3.05, 3.63) is 63.1 Å². The maximum absolute atomic E-state index is 14.7. The van der Waals surface area contributed by atoms with Crippen LogP contribution in [0, 0.1) is 5.82 Å². The highest BCUT2D eigenvalue weighted by molar-refractivity contribution is 6.36. The van der Waals surface area contributed by atoms with Gasteiger partial charge in [-0.25, -0.2) is 18.2 Å². The second-order valence-electron chi connectivity index (χ2n) is 6.88. The molecule has 0 amide bonds. The fraction of sp³-hybridized carbons (Fsp3) is 0.300. The first kappa shape index (κ1) is 25.6. The molecule has 0 unspecified atom stereocenters. The number of halogens is 5. The van der Waals surface area contributed by atoms with Crippen molar-refractivity contribution in [1.82, 2.24) is 4.98 Å². The Bertz CT molecular complexity index is 1050. The van der Waals surface area contributed by atoms with Gasteiger partial charge in [0.1, 0.15) is 30.6 Å². The highest BCUT2D eigenvalue weighted by Crippen LogP contribution is 2.43. The van der Waals surface area contributed by atoms with Crippen LogP contribution in [-0.2, 0) is 21.5 Å². The maximum atomic E-state index is 14.7. The van der Waals surface area contributed by atoms with E-state index in [1.54, 1.807) is 0 Å². The molecule has 3 rings (SSSR count). The summed E-state index contributed by atoms with van der Waals surface area (Å²) in [6.45, 7) is -0.428. The summed E-state index contributed by atoms with van der Waals surface area (Å²) in [5.41, 5.74) is 3.20. The number of carboxylic acid groups (broad SMARTS) is 1. The summed E-state index contributed by atoms with van der Waals surface area (Å²) < 4.78 is 48.9. The van der Waals surface area contributed by atoms with Crippen LogP contribution in [0.5, 0.6) is 0 Å². The average molecular weight is 492 g/mol. The molecule has 1 atom stereocenters. The van der Waals surface area contributed by atoms with Gasteiger partial charge in [0, 0.05) is 18.2 Å². The number of ether oxygens (including phenoxy) is 1. The molecule has 0 fully saturated rings. The quantitative estimate of drug-likeness (QED) is 0.495. The van der Waals surface area contributed by atoms with Gasteiger partial charge in [0.15, 0.2) is 11.3 Å². The Kier molecular flexibility index (Phi) is 8.22. The summed E-state index contributed by atoms with van der Waals surface area (Å²) >= 11 is 11.8. The Hall–Kier alpha value is -2.69. The molecular weight excluding hydrogens is 474 g/mol. The van der Waals surface area contributed by atoms with E-state index in [0.717, 1.165) is 13.0 Å². The number of carbonyl (C=O) groups is 2. The molecule has 0 radical (unpaired) electrons. The molecule has 1 aromatic carbocycles. The predicted octanol–water partition coefficient (Wildman–Crippen LogP) is 3.89. The van der Waals surface area contributed by atoms with Crippen LogP contribution in [0.15, 0.2) is 35.5 Å². The van der Waals surface area contributed by atoms with Gasteiger partial charge in [0.25, 0.3) is 12.4 Å². The van der Waals surface area contributed by atoms with E-state index in [4.69, 9.17) is 43.6 Å². The summed E-state index contributed by atoms with van der Waals surface area (Å²) in [4.78, 5) is 28.6. The highest BCUT2D eigenvalue weighted by atomic mass is 35.5. The molecule has 2 heterocycles. The van der Waals surface area contributed by atoms with Crippen molar-refractivity contribution < 1.29 is 32.6 Å². The number of aromatic nitrogens is 1. The molecule has 0 bridgehead atoms. The molecule has 0 spiro atoms. The number of rotatable bonds is 4. The van der Waals surface area contributed by atoms with Crippen LogP contribution in [0.25, 0.3) is 0 Å². The second-order valence-corrected chi connectivity index (χ2v) is 7.72. The number of hydrogen-bond donors (Lipinski definition) is 2. The lowest BCUT2D eigenvalue weighted by Gasteiger charge is -2.33. The number of amidine groups is 1. The zero-order valence-electron chi connectivity index (χ0n) is 16.6. The van der Waals surface area contributed by atoms with E-state index in [2.05, 4.69) is 9.98 Å². The van der Waals surface area contributed by atoms with Crippen LogP contribution in [0.3, 0.4) is 0 Å². The van der Waals surface area contributed by atoms with Gasteiger partial charge in [0.05, 0.1) is 10.0 Å². The monoisotopic (exact) mass is 491 g/mol. The van der Waals surface area contributed by atoms with Gasteiger partial charge in [0.2, 0.25) is 0 Å². The van der Waals surface area contributed by atoms with Gasteiger partial charge < -0.3 is 15.6 Å². The topological polar surface area (TPSA) is 115 Å². The molecule has 3 N–H and O–H groups in total. The standard InChI is InChI=1S/C19H16Cl2F3N3O2.CH2O2/c1-18(19(23,24)9-29-8-16(25)27-18)12-4-10(2-3-14(12)22)5-15(28)17-13(21)6-11(20)7-26-17;2-1-3/h2-4,6-7H,5,8-9H2,1H3,(H2,25,27);1H,(H,2,3)/t18-;/m1./s1. The van der Waals surface area contributed by atoms with Crippen molar-refractivity contribution in [1.29, 1.82) is 0 Å². The molecule has 1 aliphatic heterocycles. The first-order chi connectivity index (χ1) is 14.9. The zero-order chi connectivity index (χ0) is 24.1. The Labute approximate surface area is 191 Å². The Morgan fingerprint density at radius 3 is 2.62 bits per heavy atom. The first-order valence-electron chi connectivity index (χ1n) is 8.96. The smallest absolute Gasteiger partial charge is 0.299 e. The summed E-state index contributed by atoms with van der Waals surface area (Å²) in [5, 5.41) is 7.21. The number of pyridine rings is 1. The van der Waals surface area contributed by atoms with Gasteiger partial charge in [-0.2, -0.15) is 0 Å². The summed E-state index contributed by atoms with van der Waals surface area (Å²) in [6.07, 6.45) is 1.03. The molecule has 1 aromatic heterocycles. The normalized spacial score (nSPS) is 19.8. The van der Waals surface area contributed by atoms with Crippen LogP contribution in [0.2, 0.25) is 10.0 Å². The first-order valence-corrected chi connectivity index (χ1v) is 9.71. The minimum atomic E-state index is -3.53. The van der Waals surface area contributed by atoms with Gasteiger partial charge in [-0.05, 0) is 30.7 Å². The van der Waals surface area contributed by atoms with E-state index in [1.807, 2.05) is 0 Å². The van der Waals surface area contributed by atoms with Crippen LogP contribution < -0.4 is 5.73 Å². The molecular formula is C20H18Cl2F3N3O4. The van der Waals surface area contributed by atoms with Crippen molar-refractivity contribution in [2.45, 2.75) is 24.8 Å². The van der Waals surface area contributed by atoms with Gasteiger partial charge >= 0.3 is 0 Å². The fourth-order valence-corrected chi connectivity index (χ4v) is 3.51. The molecule has 12 heteroatoms. The number of alkyl halides is 2. The van der Waals surface area contributed by atoms with Crippen LogP contribution in [0.4, 0.5) is 13.2 Å². The van der Waals surface area contributed by atoms with Crippen molar-refractivity contribution >= 4 is 41.3 Å². The van der Waals surface area contributed by atoms with E-state index in [9.17, 15) is 18.0 Å². The van der Waals surface area contributed by atoms with Crippen LogP contribution in [-0.4, -0.2) is 47.3 Å². The van der Waals surface area contributed by atoms with E-state index >= 15 is 0 Å². The average Bonchev–Trinajstić information content (AvgIpc) is 2.79. The molecule has 0 saturated carbocycles. The molecule has 0 saturated heterocycles. The minimum absolute atomic E-state index is 0.0244. The second kappa shape index (κ2) is 10.3. The number of Topliss-reactive ketones (excluding diaryl/α,β-unsaturated/α-hetero) is 1. The summed E-state index contributed by atoms with van der Waals surface area (Å²) in [5.74, 6) is -5.08.